The fraction of sp³-hybridized carbons (Fsp3) is 0.273. The Bertz CT molecular complexity index is 1040. The highest BCUT2D eigenvalue weighted by Gasteiger charge is 2.20. The minimum Gasteiger partial charge on any atom is -0.491 e. The zero-order valence-corrected chi connectivity index (χ0v) is 18.7. The maximum Gasteiger partial charge on any atom is 0.339 e. The molecule has 1 N–H and O–H groups in total. The normalized spacial score (nSPS) is 10.6. The summed E-state index contributed by atoms with van der Waals surface area (Å²) in [6.07, 6.45) is 1.55. The Kier molecular flexibility index (Phi) is 8.23. The highest BCUT2D eigenvalue weighted by Crippen LogP contribution is 2.34. The van der Waals surface area contributed by atoms with Crippen LogP contribution < -0.4 is 14.2 Å². The number of carboxylic acid groups (broad SMARTS) is 1. The van der Waals surface area contributed by atoms with E-state index in [0.29, 0.717) is 48.5 Å². The third-order valence-electron chi connectivity index (χ3n) is 4.26. The number of hydrogen-bond donors (Lipinski definition) is 1. The van der Waals surface area contributed by atoms with Gasteiger partial charge in [-0.3, -0.25) is 0 Å². The van der Waals surface area contributed by atoms with Crippen molar-refractivity contribution in [3.8, 4) is 28.6 Å². The molecule has 0 aliphatic heterocycles. The number of aromatic nitrogens is 3. The van der Waals surface area contributed by atoms with Crippen molar-refractivity contribution in [3.05, 3.63) is 48.2 Å². The molecule has 0 spiro atoms. The Balaban J connectivity index is 1.89. The number of nitrogens with zero attached hydrogens (tertiary/aromatic N) is 3. The lowest BCUT2D eigenvalue weighted by Gasteiger charge is -2.12. The molecule has 32 heavy (non-hydrogen) atoms. The molecule has 0 radical (unpaired) electrons. The molecule has 0 saturated carbocycles. The first kappa shape index (κ1) is 23.3. The molecule has 0 amide bonds. The van der Waals surface area contributed by atoms with Gasteiger partial charge in [0, 0.05) is 18.4 Å². The number of ether oxygens (including phenoxy) is 4. The van der Waals surface area contributed by atoms with Gasteiger partial charge in [-0.2, -0.15) is 9.97 Å². The van der Waals surface area contributed by atoms with Crippen molar-refractivity contribution in [2.45, 2.75) is 17.1 Å². The molecule has 0 saturated heterocycles. The van der Waals surface area contributed by atoms with Crippen LogP contribution in [0.4, 0.5) is 0 Å². The summed E-state index contributed by atoms with van der Waals surface area (Å²) < 4.78 is 21.2. The summed E-state index contributed by atoms with van der Waals surface area (Å²) in [4.78, 5) is 24.9. The van der Waals surface area contributed by atoms with Gasteiger partial charge in [0.15, 0.2) is 0 Å². The Morgan fingerprint density at radius 2 is 1.72 bits per heavy atom. The SMILES string of the molecule is CCOCCOc1ccc(-c2ccnc(Sc3nc(OC)cc(OC)n3)c2C(=O)O)cc1. The lowest BCUT2D eigenvalue weighted by Crippen LogP contribution is -2.06. The molecular formula is C22H23N3O6S. The van der Waals surface area contributed by atoms with E-state index < -0.39 is 5.97 Å². The van der Waals surface area contributed by atoms with Gasteiger partial charge in [0.05, 0.1) is 32.5 Å². The summed E-state index contributed by atoms with van der Waals surface area (Å²) in [7, 11) is 2.95. The number of hydrogen-bond acceptors (Lipinski definition) is 9. The average Bonchev–Trinajstić information content (AvgIpc) is 2.81. The number of carbonyl (C=O) groups is 1. The molecule has 3 aromatic rings. The van der Waals surface area contributed by atoms with E-state index in [1.54, 1.807) is 36.5 Å². The van der Waals surface area contributed by atoms with Gasteiger partial charge in [-0.1, -0.05) is 12.1 Å². The van der Waals surface area contributed by atoms with E-state index in [1.807, 2.05) is 6.92 Å². The Labute approximate surface area is 189 Å². The number of aromatic carboxylic acids is 1. The molecule has 10 heteroatoms. The van der Waals surface area contributed by atoms with Crippen molar-refractivity contribution in [1.82, 2.24) is 15.0 Å². The average molecular weight is 458 g/mol. The fourth-order valence-electron chi connectivity index (χ4n) is 2.79. The second-order valence-corrected chi connectivity index (χ2v) is 7.21. The van der Waals surface area contributed by atoms with Crippen LogP contribution in [0, 0.1) is 0 Å². The quantitative estimate of drug-likeness (QED) is 0.337. The number of benzene rings is 1. The molecule has 0 aliphatic rings. The second kappa shape index (κ2) is 11.3. The molecule has 1 aromatic carbocycles. The topological polar surface area (TPSA) is 113 Å². The van der Waals surface area contributed by atoms with Crippen molar-refractivity contribution in [1.29, 1.82) is 0 Å². The Morgan fingerprint density at radius 3 is 2.31 bits per heavy atom. The van der Waals surface area contributed by atoms with E-state index in [9.17, 15) is 9.90 Å². The molecule has 0 aliphatic carbocycles. The molecule has 0 bridgehead atoms. The van der Waals surface area contributed by atoms with Crippen LogP contribution in [0.2, 0.25) is 0 Å². The van der Waals surface area contributed by atoms with E-state index >= 15 is 0 Å². The first-order valence-corrected chi connectivity index (χ1v) is 10.6. The fourth-order valence-corrected chi connectivity index (χ4v) is 3.64. The minimum atomic E-state index is -1.11. The standard InChI is InChI=1S/C22H23N3O6S/c1-4-30-11-12-31-15-7-5-14(6-8-15)16-9-10-23-20(19(16)21(26)27)32-22-24-17(28-2)13-18(25-22)29-3/h5-10,13H,4,11-12H2,1-3H3,(H,26,27). The maximum absolute atomic E-state index is 12.1. The van der Waals surface area contributed by atoms with Crippen molar-refractivity contribution in [3.63, 3.8) is 0 Å². The minimum absolute atomic E-state index is 0.0490. The molecule has 2 heterocycles. The van der Waals surface area contributed by atoms with Crippen LogP contribution in [0.25, 0.3) is 11.1 Å². The van der Waals surface area contributed by atoms with Crippen LogP contribution in [0.15, 0.2) is 52.8 Å². The first-order valence-electron chi connectivity index (χ1n) is 9.73. The van der Waals surface area contributed by atoms with Gasteiger partial charge in [-0.05, 0) is 42.4 Å². The highest BCUT2D eigenvalue weighted by atomic mass is 32.2. The zero-order chi connectivity index (χ0) is 22.9. The van der Waals surface area contributed by atoms with Crippen molar-refractivity contribution in [2.75, 3.05) is 34.0 Å². The molecule has 168 valence electrons. The van der Waals surface area contributed by atoms with E-state index in [2.05, 4.69) is 15.0 Å². The van der Waals surface area contributed by atoms with Crippen molar-refractivity contribution in [2.24, 2.45) is 0 Å². The molecule has 9 nitrogen and oxygen atoms in total. The third kappa shape index (κ3) is 5.86. The van der Waals surface area contributed by atoms with E-state index in [4.69, 9.17) is 18.9 Å². The first-order chi connectivity index (χ1) is 15.5. The summed E-state index contributed by atoms with van der Waals surface area (Å²) in [5.74, 6) is 0.160. The summed E-state index contributed by atoms with van der Waals surface area (Å²) in [6, 6.07) is 10.4. The summed E-state index contributed by atoms with van der Waals surface area (Å²) in [5, 5.41) is 10.4. The number of rotatable bonds is 11. The lowest BCUT2D eigenvalue weighted by atomic mass is 10.0. The van der Waals surface area contributed by atoms with E-state index in [-0.39, 0.29) is 15.7 Å². The van der Waals surface area contributed by atoms with Crippen LogP contribution in [-0.2, 0) is 4.74 Å². The van der Waals surface area contributed by atoms with Crippen molar-refractivity contribution < 1.29 is 28.8 Å². The Hall–Kier alpha value is -3.37. The van der Waals surface area contributed by atoms with Crippen LogP contribution in [-0.4, -0.2) is 60.1 Å². The van der Waals surface area contributed by atoms with Gasteiger partial charge in [-0.15, -0.1) is 0 Å². The van der Waals surface area contributed by atoms with Gasteiger partial charge >= 0.3 is 5.97 Å². The summed E-state index contributed by atoms with van der Waals surface area (Å²) in [5.41, 5.74) is 1.28. The number of pyridine rings is 1. The number of carboxylic acids is 1. The molecule has 3 rings (SSSR count). The molecule has 0 unspecified atom stereocenters. The van der Waals surface area contributed by atoms with Crippen LogP contribution in [0.5, 0.6) is 17.5 Å². The van der Waals surface area contributed by atoms with Crippen LogP contribution >= 0.6 is 11.8 Å². The molecule has 0 atom stereocenters. The van der Waals surface area contributed by atoms with Crippen molar-refractivity contribution >= 4 is 17.7 Å². The van der Waals surface area contributed by atoms with Gasteiger partial charge in [0.1, 0.15) is 17.4 Å². The predicted molar refractivity (Wildman–Crippen MR) is 118 cm³/mol. The van der Waals surface area contributed by atoms with Gasteiger partial charge in [0.25, 0.3) is 0 Å². The molecule has 2 aromatic heterocycles. The second-order valence-electron chi connectivity index (χ2n) is 6.25. The zero-order valence-electron chi connectivity index (χ0n) is 17.9. The maximum atomic E-state index is 12.1. The smallest absolute Gasteiger partial charge is 0.339 e. The van der Waals surface area contributed by atoms with Gasteiger partial charge < -0.3 is 24.1 Å². The van der Waals surface area contributed by atoms with Gasteiger partial charge in [-0.25, -0.2) is 9.78 Å². The lowest BCUT2D eigenvalue weighted by molar-refractivity contribution is 0.0693. The molecular weight excluding hydrogens is 434 g/mol. The largest absolute Gasteiger partial charge is 0.491 e. The summed E-state index contributed by atoms with van der Waals surface area (Å²) >= 11 is 1.02. The highest BCUT2D eigenvalue weighted by molar-refractivity contribution is 7.99. The van der Waals surface area contributed by atoms with E-state index in [0.717, 1.165) is 11.8 Å². The van der Waals surface area contributed by atoms with E-state index in [1.165, 1.54) is 20.3 Å². The summed E-state index contributed by atoms with van der Waals surface area (Å²) in [6.45, 7) is 3.50. The van der Waals surface area contributed by atoms with Gasteiger partial charge in [0.2, 0.25) is 16.9 Å². The third-order valence-corrected chi connectivity index (χ3v) is 5.13. The van der Waals surface area contributed by atoms with Crippen LogP contribution in [0.1, 0.15) is 17.3 Å². The molecule has 0 fully saturated rings. The monoisotopic (exact) mass is 457 g/mol. The predicted octanol–water partition coefficient (Wildman–Crippen LogP) is 3.82. The Morgan fingerprint density at radius 1 is 1.03 bits per heavy atom. The van der Waals surface area contributed by atoms with Crippen LogP contribution in [0.3, 0.4) is 0 Å². The number of methoxy groups -OCH3 is 2.